The second-order valence-corrected chi connectivity index (χ2v) is 4.63. The van der Waals surface area contributed by atoms with Crippen LogP contribution >= 0.6 is 11.6 Å². The molecule has 1 amide bonds. The summed E-state index contributed by atoms with van der Waals surface area (Å²) in [5.74, 6) is 0.0946. The molecule has 1 unspecified atom stereocenters. The third-order valence-electron chi connectivity index (χ3n) is 2.22. The fourth-order valence-corrected chi connectivity index (χ4v) is 1.52. The lowest BCUT2D eigenvalue weighted by atomic mass is 10.1. The highest BCUT2D eigenvalue weighted by atomic mass is 35.5. The molecule has 0 saturated carbocycles. The monoisotopic (exact) mass is 240 g/mol. The number of nitrogens with two attached hydrogens (primary N) is 1. The molecule has 16 heavy (non-hydrogen) atoms. The number of rotatable bonds is 5. The summed E-state index contributed by atoms with van der Waals surface area (Å²) in [6.45, 7) is 4.90. The fourth-order valence-electron chi connectivity index (χ4n) is 1.39. The van der Waals surface area contributed by atoms with Crippen molar-refractivity contribution in [1.29, 1.82) is 0 Å². The Balaban J connectivity index is 2.77. The molecular weight excluding hydrogens is 224 g/mol. The predicted octanol–water partition coefficient (Wildman–Crippen LogP) is 2.11. The van der Waals surface area contributed by atoms with Crippen LogP contribution in [0.5, 0.6) is 0 Å². The largest absolute Gasteiger partial charge is 0.368 e. The SMILES string of the molecule is CC(C)CNC(C(N)=O)c1ccc(Cl)cc1. The molecule has 88 valence electrons. The number of benzene rings is 1. The Morgan fingerprint density at radius 2 is 1.94 bits per heavy atom. The van der Waals surface area contributed by atoms with Crippen LogP contribution in [0.3, 0.4) is 0 Å². The van der Waals surface area contributed by atoms with Gasteiger partial charge in [0.1, 0.15) is 6.04 Å². The van der Waals surface area contributed by atoms with Crippen molar-refractivity contribution in [3.8, 4) is 0 Å². The Bertz CT molecular complexity index is 349. The maximum atomic E-state index is 11.3. The number of nitrogens with one attached hydrogen (secondary N) is 1. The molecule has 0 aromatic heterocycles. The molecule has 3 nitrogen and oxygen atoms in total. The van der Waals surface area contributed by atoms with E-state index in [1.165, 1.54) is 0 Å². The van der Waals surface area contributed by atoms with E-state index in [1.54, 1.807) is 12.1 Å². The zero-order valence-corrected chi connectivity index (χ0v) is 10.3. The summed E-state index contributed by atoms with van der Waals surface area (Å²) >= 11 is 5.79. The second kappa shape index (κ2) is 5.87. The highest BCUT2D eigenvalue weighted by Gasteiger charge is 2.16. The number of carbonyl (C=O) groups excluding carboxylic acids is 1. The van der Waals surface area contributed by atoms with E-state index in [4.69, 9.17) is 17.3 Å². The fraction of sp³-hybridized carbons (Fsp3) is 0.417. The van der Waals surface area contributed by atoms with Gasteiger partial charge in [-0.1, -0.05) is 37.6 Å². The van der Waals surface area contributed by atoms with Crippen molar-refractivity contribution in [3.63, 3.8) is 0 Å². The van der Waals surface area contributed by atoms with Crippen molar-refractivity contribution < 1.29 is 4.79 Å². The zero-order valence-electron chi connectivity index (χ0n) is 9.53. The van der Waals surface area contributed by atoms with Crippen molar-refractivity contribution in [3.05, 3.63) is 34.9 Å². The smallest absolute Gasteiger partial charge is 0.239 e. The van der Waals surface area contributed by atoms with Crippen LogP contribution in [0, 0.1) is 5.92 Å². The maximum Gasteiger partial charge on any atom is 0.239 e. The van der Waals surface area contributed by atoms with Gasteiger partial charge in [0.15, 0.2) is 0 Å². The minimum absolute atomic E-state index is 0.372. The third kappa shape index (κ3) is 3.83. The third-order valence-corrected chi connectivity index (χ3v) is 2.47. The summed E-state index contributed by atoms with van der Waals surface area (Å²) in [4.78, 5) is 11.3. The highest BCUT2D eigenvalue weighted by molar-refractivity contribution is 6.30. The predicted molar refractivity (Wildman–Crippen MR) is 66.2 cm³/mol. The zero-order chi connectivity index (χ0) is 12.1. The van der Waals surface area contributed by atoms with Gasteiger partial charge in [-0.15, -0.1) is 0 Å². The first-order valence-corrected chi connectivity index (χ1v) is 5.66. The molecule has 0 fully saturated rings. The lowest BCUT2D eigenvalue weighted by Crippen LogP contribution is -2.35. The van der Waals surface area contributed by atoms with Crippen molar-refractivity contribution in [2.24, 2.45) is 11.7 Å². The summed E-state index contributed by atoms with van der Waals surface area (Å²) in [5, 5.41) is 3.79. The lowest BCUT2D eigenvalue weighted by molar-refractivity contribution is -0.120. The van der Waals surface area contributed by atoms with Crippen LogP contribution in [0.15, 0.2) is 24.3 Å². The van der Waals surface area contributed by atoms with Crippen LogP contribution < -0.4 is 11.1 Å². The Kier molecular flexibility index (Phi) is 4.77. The van der Waals surface area contributed by atoms with E-state index in [9.17, 15) is 4.79 Å². The number of hydrogen-bond donors (Lipinski definition) is 2. The molecule has 0 aliphatic heterocycles. The molecule has 0 aliphatic carbocycles. The van der Waals surface area contributed by atoms with Crippen molar-refractivity contribution in [2.45, 2.75) is 19.9 Å². The van der Waals surface area contributed by atoms with E-state index in [-0.39, 0.29) is 5.91 Å². The summed E-state index contributed by atoms with van der Waals surface area (Å²) in [6, 6.07) is 6.68. The average molecular weight is 241 g/mol. The molecule has 1 atom stereocenters. The Morgan fingerprint density at radius 3 is 2.38 bits per heavy atom. The van der Waals surface area contributed by atoms with Crippen molar-refractivity contribution in [1.82, 2.24) is 5.32 Å². The lowest BCUT2D eigenvalue weighted by Gasteiger charge is -2.17. The molecule has 4 heteroatoms. The van der Waals surface area contributed by atoms with E-state index in [2.05, 4.69) is 19.2 Å². The molecule has 0 saturated heterocycles. The number of amides is 1. The summed E-state index contributed by atoms with van der Waals surface area (Å²) in [6.07, 6.45) is 0. The topological polar surface area (TPSA) is 55.1 Å². The molecule has 1 aromatic rings. The number of primary amides is 1. The van der Waals surface area contributed by atoms with E-state index in [0.717, 1.165) is 12.1 Å². The van der Waals surface area contributed by atoms with Gasteiger partial charge in [-0.25, -0.2) is 0 Å². The summed E-state index contributed by atoms with van der Waals surface area (Å²) in [7, 11) is 0. The van der Waals surface area contributed by atoms with Crippen LogP contribution in [0.4, 0.5) is 0 Å². The molecule has 0 heterocycles. The van der Waals surface area contributed by atoms with Gasteiger partial charge < -0.3 is 11.1 Å². The molecule has 0 spiro atoms. The molecule has 0 bridgehead atoms. The quantitative estimate of drug-likeness (QED) is 0.828. The molecule has 0 aliphatic rings. The first-order chi connectivity index (χ1) is 7.50. The standard InChI is InChI=1S/C12H17ClN2O/c1-8(2)7-15-11(12(14)16)9-3-5-10(13)6-4-9/h3-6,8,11,15H,7H2,1-2H3,(H2,14,16). The second-order valence-electron chi connectivity index (χ2n) is 4.19. The van der Waals surface area contributed by atoms with Gasteiger partial charge >= 0.3 is 0 Å². The normalized spacial score (nSPS) is 12.8. The first kappa shape index (κ1) is 13.0. The average Bonchev–Trinajstić information content (AvgIpc) is 2.20. The van der Waals surface area contributed by atoms with Crippen LogP contribution in [-0.4, -0.2) is 12.5 Å². The van der Waals surface area contributed by atoms with E-state index < -0.39 is 6.04 Å². The first-order valence-electron chi connectivity index (χ1n) is 5.29. The van der Waals surface area contributed by atoms with Gasteiger partial charge in [0.25, 0.3) is 0 Å². The minimum atomic E-state index is -0.445. The van der Waals surface area contributed by atoms with Crippen LogP contribution in [-0.2, 0) is 4.79 Å². The van der Waals surface area contributed by atoms with Gasteiger partial charge in [-0.3, -0.25) is 4.79 Å². The number of carbonyl (C=O) groups is 1. The van der Waals surface area contributed by atoms with Crippen LogP contribution in [0.25, 0.3) is 0 Å². The van der Waals surface area contributed by atoms with Gasteiger partial charge in [0, 0.05) is 5.02 Å². The molecule has 1 rings (SSSR count). The molecule has 3 N–H and O–H groups in total. The van der Waals surface area contributed by atoms with E-state index in [1.807, 2.05) is 12.1 Å². The van der Waals surface area contributed by atoms with Crippen LogP contribution in [0.1, 0.15) is 25.5 Å². The Hall–Kier alpha value is -1.06. The molecule has 0 radical (unpaired) electrons. The number of halogens is 1. The summed E-state index contributed by atoms with van der Waals surface area (Å²) < 4.78 is 0. The van der Waals surface area contributed by atoms with Gasteiger partial charge in [-0.2, -0.15) is 0 Å². The van der Waals surface area contributed by atoms with Gasteiger partial charge in [0.2, 0.25) is 5.91 Å². The van der Waals surface area contributed by atoms with E-state index >= 15 is 0 Å². The van der Waals surface area contributed by atoms with Crippen molar-refractivity contribution >= 4 is 17.5 Å². The van der Waals surface area contributed by atoms with E-state index in [0.29, 0.717) is 10.9 Å². The molecule has 1 aromatic carbocycles. The molecular formula is C12H17ClN2O. The maximum absolute atomic E-state index is 11.3. The van der Waals surface area contributed by atoms with Gasteiger partial charge in [0.05, 0.1) is 0 Å². The van der Waals surface area contributed by atoms with Gasteiger partial charge in [-0.05, 0) is 30.2 Å². The van der Waals surface area contributed by atoms with Crippen LogP contribution in [0.2, 0.25) is 5.02 Å². The summed E-state index contributed by atoms with van der Waals surface area (Å²) in [5.41, 5.74) is 6.20. The Labute approximate surface area is 101 Å². The minimum Gasteiger partial charge on any atom is -0.368 e. The highest BCUT2D eigenvalue weighted by Crippen LogP contribution is 2.16. The number of hydrogen-bond acceptors (Lipinski definition) is 2. The van der Waals surface area contributed by atoms with Crippen molar-refractivity contribution in [2.75, 3.05) is 6.54 Å². The Morgan fingerprint density at radius 1 is 1.38 bits per heavy atom.